The molecule has 1 aromatic carbocycles. The SMILES string of the molecule is C=CCOC(=O)/C=C(\C(=O)C(=O)O)S(=O)(=O)c1ccccc1. The minimum atomic E-state index is -4.46. The van der Waals surface area contributed by atoms with Crippen molar-refractivity contribution in [2.45, 2.75) is 4.90 Å². The number of Topliss-reactive ketones (excluding diaryl/α,β-unsaturated/α-hetero) is 1. The van der Waals surface area contributed by atoms with Gasteiger partial charge in [0.25, 0.3) is 5.78 Å². The Morgan fingerprint density at radius 1 is 1.18 bits per heavy atom. The smallest absolute Gasteiger partial charge is 0.378 e. The van der Waals surface area contributed by atoms with Gasteiger partial charge in [0, 0.05) is 6.08 Å². The minimum Gasteiger partial charge on any atom is -0.475 e. The monoisotopic (exact) mass is 324 g/mol. The van der Waals surface area contributed by atoms with Gasteiger partial charge in [-0.1, -0.05) is 30.9 Å². The van der Waals surface area contributed by atoms with E-state index >= 15 is 0 Å². The number of carboxylic acid groups (broad SMARTS) is 1. The Hall–Kier alpha value is -2.74. The molecule has 0 atom stereocenters. The molecule has 0 aliphatic carbocycles. The predicted molar refractivity (Wildman–Crippen MR) is 75.5 cm³/mol. The van der Waals surface area contributed by atoms with Gasteiger partial charge in [0.05, 0.1) is 4.90 Å². The van der Waals surface area contributed by atoms with Crippen LogP contribution in [0.3, 0.4) is 0 Å². The second kappa shape index (κ2) is 7.32. The van der Waals surface area contributed by atoms with Crippen molar-refractivity contribution < 1.29 is 32.6 Å². The molecule has 116 valence electrons. The molecule has 0 aliphatic heterocycles. The quantitative estimate of drug-likeness (QED) is 0.340. The molecule has 0 aliphatic rings. The number of carbonyl (C=O) groups is 3. The fourth-order valence-corrected chi connectivity index (χ4v) is 2.74. The normalized spacial score (nSPS) is 11.5. The zero-order chi connectivity index (χ0) is 16.8. The number of rotatable bonds is 7. The molecule has 0 saturated carbocycles. The number of carboxylic acids is 1. The number of ether oxygens (including phenoxy) is 1. The zero-order valence-electron chi connectivity index (χ0n) is 11.3. The Bertz CT molecular complexity index is 730. The fraction of sp³-hybridized carbons (Fsp3) is 0.0714. The summed E-state index contributed by atoms with van der Waals surface area (Å²) in [4.78, 5) is 32.4. The van der Waals surface area contributed by atoms with Gasteiger partial charge in [0.15, 0.2) is 0 Å². The maximum atomic E-state index is 12.3. The van der Waals surface area contributed by atoms with Crippen LogP contribution in [0.4, 0.5) is 0 Å². The van der Waals surface area contributed by atoms with E-state index in [0.29, 0.717) is 6.08 Å². The molecule has 0 fully saturated rings. The largest absolute Gasteiger partial charge is 0.475 e. The van der Waals surface area contributed by atoms with Crippen LogP contribution in [0.25, 0.3) is 0 Å². The van der Waals surface area contributed by atoms with Crippen LogP contribution in [0.5, 0.6) is 0 Å². The van der Waals surface area contributed by atoms with Gasteiger partial charge in [-0.05, 0) is 12.1 Å². The van der Waals surface area contributed by atoms with Crippen LogP contribution in [0.15, 0.2) is 58.9 Å². The van der Waals surface area contributed by atoms with Crippen LogP contribution in [-0.4, -0.2) is 37.9 Å². The second-order valence-corrected chi connectivity index (χ2v) is 5.80. The lowest BCUT2D eigenvalue weighted by atomic mass is 10.3. The number of ketones is 1. The van der Waals surface area contributed by atoms with Crippen LogP contribution in [-0.2, 0) is 29.0 Å². The lowest BCUT2D eigenvalue weighted by Gasteiger charge is -2.06. The van der Waals surface area contributed by atoms with Crippen molar-refractivity contribution in [3.8, 4) is 0 Å². The first-order chi connectivity index (χ1) is 10.3. The molecule has 1 rings (SSSR count). The highest BCUT2D eigenvalue weighted by Gasteiger charge is 2.32. The third-order valence-corrected chi connectivity index (χ3v) is 4.13. The summed E-state index contributed by atoms with van der Waals surface area (Å²) in [7, 11) is -4.46. The molecular formula is C14H12O7S. The highest BCUT2D eigenvalue weighted by Crippen LogP contribution is 2.20. The van der Waals surface area contributed by atoms with E-state index in [1.54, 1.807) is 6.07 Å². The number of aliphatic carboxylic acids is 1. The van der Waals surface area contributed by atoms with Gasteiger partial charge in [-0.25, -0.2) is 18.0 Å². The summed E-state index contributed by atoms with van der Waals surface area (Å²) in [5.41, 5.74) is 0. The number of sulfone groups is 1. The number of hydrogen-bond donors (Lipinski definition) is 1. The highest BCUT2D eigenvalue weighted by atomic mass is 32.2. The lowest BCUT2D eigenvalue weighted by molar-refractivity contribution is -0.147. The maximum absolute atomic E-state index is 12.3. The Kier molecular flexibility index (Phi) is 5.76. The first-order valence-electron chi connectivity index (χ1n) is 5.87. The number of hydrogen-bond acceptors (Lipinski definition) is 6. The van der Waals surface area contributed by atoms with E-state index in [1.165, 1.54) is 30.3 Å². The first kappa shape index (κ1) is 17.3. The van der Waals surface area contributed by atoms with Crippen molar-refractivity contribution in [3.05, 3.63) is 54.0 Å². The van der Waals surface area contributed by atoms with Crippen molar-refractivity contribution in [2.75, 3.05) is 6.61 Å². The second-order valence-electron chi connectivity index (χ2n) is 3.88. The van der Waals surface area contributed by atoms with Gasteiger partial charge < -0.3 is 9.84 Å². The number of esters is 1. The topological polar surface area (TPSA) is 115 Å². The van der Waals surface area contributed by atoms with E-state index in [4.69, 9.17) is 5.11 Å². The molecular weight excluding hydrogens is 312 g/mol. The van der Waals surface area contributed by atoms with Crippen molar-refractivity contribution in [2.24, 2.45) is 0 Å². The van der Waals surface area contributed by atoms with E-state index in [-0.39, 0.29) is 11.5 Å². The van der Waals surface area contributed by atoms with Gasteiger partial charge in [0.2, 0.25) is 9.84 Å². The Balaban J connectivity index is 3.36. The highest BCUT2D eigenvalue weighted by molar-refractivity contribution is 7.96. The summed E-state index contributed by atoms with van der Waals surface area (Å²) >= 11 is 0. The lowest BCUT2D eigenvalue weighted by Crippen LogP contribution is -2.23. The average molecular weight is 324 g/mol. The van der Waals surface area contributed by atoms with Gasteiger partial charge in [-0.2, -0.15) is 0 Å². The fourth-order valence-electron chi connectivity index (χ4n) is 1.39. The molecule has 8 heteroatoms. The molecule has 0 saturated heterocycles. The summed E-state index contributed by atoms with van der Waals surface area (Å²) in [6.07, 6.45) is 1.58. The van der Waals surface area contributed by atoms with Crippen molar-refractivity contribution in [1.82, 2.24) is 0 Å². The molecule has 0 spiro atoms. The van der Waals surface area contributed by atoms with Gasteiger partial charge in [-0.3, -0.25) is 4.79 Å². The minimum absolute atomic E-state index is 0.213. The summed E-state index contributed by atoms with van der Waals surface area (Å²) in [6, 6.07) is 6.68. The van der Waals surface area contributed by atoms with Crippen molar-refractivity contribution in [1.29, 1.82) is 0 Å². The van der Waals surface area contributed by atoms with E-state index in [2.05, 4.69) is 11.3 Å². The molecule has 0 aromatic heterocycles. The molecule has 0 bridgehead atoms. The Labute approximate surface area is 126 Å². The molecule has 7 nitrogen and oxygen atoms in total. The van der Waals surface area contributed by atoms with E-state index < -0.39 is 32.5 Å². The molecule has 0 unspecified atom stereocenters. The van der Waals surface area contributed by atoms with Crippen molar-refractivity contribution in [3.63, 3.8) is 0 Å². The molecule has 22 heavy (non-hydrogen) atoms. The zero-order valence-corrected chi connectivity index (χ0v) is 12.1. The van der Waals surface area contributed by atoms with Gasteiger partial charge in [0.1, 0.15) is 11.5 Å². The molecule has 1 N–H and O–H groups in total. The van der Waals surface area contributed by atoms with Gasteiger partial charge >= 0.3 is 11.9 Å². The summed E-state index contributed by atoms with van der Waals surface area (Å²) in [6.45, 7) is 3.08. The third kappa shape index (κ3) is 4.13. The molecule has 0 heterocycles. The van der Waals surface area contributed by atoms with Crippen LogP contribution in [0.1, 0.15) is 0 Å². The third-order valence-electron chi connectivity index (χ3n) is 2.35. The van der Waals surface area contributed by atoms with Crippen LogP contribution in [0.2, 0.25) is 0 Å². The Morgan fingerprint density at radius 3 is 2.27 bits per heavy atom. The van der Waals surface area contributed by atoms with Crippen LogP contribution in [0, 0.1) is 0 Å². The number of benzene rings is 1. The van der Waals surface area contributed by atoms with Crippen LogP contribution >= 0.6 is 0 Å². The molecule has 0 radical (unpaired) electrons. The van der Waals surface area contributed by atoms with E-state index in [1.807, 2.05) is 0 Å². The van der Waals surface area contributed by atoms with Crippen LogP contribution < -0.4 is 0 Å². The summed E-state index contributed by atoms with van der Waals surface area (Å²) < 4.78 is 29.2. The molecule has 1 aromatic rings. The Morgan fingerprint density at radius 2 is 1.77 bits per heavy atom. The van der Waals surface area contributed by atoms with E-state index in [9.17, 15) is 22.8 Å². The first-order valence-corrected chi connectivity index (χ1v) is 7.36. The number of carbonyl (C=O) groups excluding carboxylic acids is 2. The molecule has 0 amide bonds. The van der Waals surface area contributed by atoms with E-state index in [0.717, 1.165) is 0 Å². The average Bonchev–Trinajstić information content (AvgIpc) is 2.50. The standard InChI is InChI=1S/C14H12O7S/c1-2-8-21-12(15)9-11(13(16)14(17)18)22(19,20)10-6-4-3-5-7-10/h2-7,9H,1,8H2,(H,17,18)/b11-9+. The summed E-state index contributed by atoms with van der Waals surface area (Å²) in [5, 5.41) is 8.73. The van der Waals surface area contributed by atoms with Gasteiger partial charge in [-0.15, -0.1) is 0 Å². The van der Waals surface area contributed by atoms with Crippen molar-refractivity contribution >= 4 is 27.6 Å². The predicted octanol–water partition coefficient (Wildman–Crippen LogP) is 0.727. The summed E-state index contributed by atoms with van der Waals surface area (Å²) in [5.74, 6) is -4.88. The maximum Gasteiger partial charge on any atom is 0.378 e.